The normalized spacial score (nSPS) is 27.1. The lowest BCUT2D eigenvalue weighted by Gasteiger charge is -2.24. The Kier molecular flexibility index (Phi) is 2.07. The highest BCUT2D eigenvalue weighted by Crippen LogP contribution is 2.34. The van der Waals surface area contributed by atoms with Crippen LogP contribution in [0.3, 0.4) is 0 Å². The van der Waals surface area contributed by atoms with Gasteiger partial charge in [-0.05, 0) is 29.8 Å². The first-order chi connectivity index (χ1) is 5.81. The van der Waals surface area contributed by atoms with Gasteiger partial charge in [-0.25, -0.2) is 0 Å². The number of alkyl halides is 1. The van der Waals surface area contributed by atoms with E-state index in [1.165, 1.54) is 4.88 Å². The summed E-state index contributed by atoms with van der Waals surface area (Å²) in [5.41, 5.74) is 0. The van der Waals surface area contributed by atoms with Crippen molar-refractivity contribution in [2.45, 2.75) is 4.45 Å². The highest BCUT2D eigenvalue weighted by Gasteiger charge is 2.25. The number of rotatable bonds is 1. The van der Waals surface area contributed by atoms with Crippen LogP contribution in [0.25, 0.3) is 0 Å². The highest BCUT2D eigenvalue weighted by molar-refractivity contribution is 9.09. The zero-order valence-corrected chi connectivity index (χ0v) is 8.73. The molecular formula is C9H8BrNS. The second kappa shape index (κ2) is 3.07. The molecule has 62 valence electrons. The molecule has 1 aliphatic heterocycles. The van der Waals surface area contributed by atoms with Crippen LogP contribution in [-0.2, 0) is 4.45 Å². The molecule has 0 aliphatic carbocycles. The molecule has 1 aliphatic rings. The Labute approximate surface area is 83.9 Å². The molecule has 2 heterocycles. The van der Waals surface area contributed by atoms with Gasteiger partial charge in [0.05, 0.1) is 0 Å². The van der Waals surface area contributed by atoms with E-state index in [1.54, 1.807) is 11.3 Å². The fourth-order valence-electron chi connectivity index (χ4n) is 1.10. The summed E-state index contributed by atoms with van der Waals surface area (Å²) in [6.45, 7) is 0. The number of hydrogen-bond donors (Lipinski definition) is 1. The fourth-order valence-corrected chi connectivity index (χ4v) is 2.56. The maximum absolute atomic E-state index is 3.64. The van der Waals surface area contributed by atoms with Crippen LogP contribution in [0.5, 0.6) is 0 Å². The number of dihydropyridines is 1. The second-order valence-electron chi connectivity index (χ2n) is 2.55. The molecule has 1 unspecified atom stereocenters. The SMILES string of the molecule is BrC1(c2cccs2)C=CC=CN1. The smallest absolute Gasteiger partial charge is 0.146 e. The fraction of sp³-hybridized carbons (Fsp3) is 0.111. The lowest BCUT2D eigenvalue weighted by atomic mass is 10.2. The Morgan fingerprint density at radius 3 is 2.92 bits per heavy atom. The molecular weight excluding hydrogens is 234 g/mol. The first-order valence-corrected chi connectivity index (χ1v) is 5.33. The van der Waals surface area contributed by atoms with Crippen molar-refractivity contribution in [3.8, 4) is 0 Å². The van der Waals surface area contributed by atoms with Gasteiger partial charge in [0.15, 0.2) is 0 Å². The first kappa shape index (κ1) is 8.08. The van der Waals surface area contributed by atoms with E-state index in [9.17, 15) is 0 Å². The minimum absolute atomic E-state index is 0.185. The van der Waals surface area contributed by atoms with Crippen molar-refractivity contribution in [3.63, 3.8) is 0 Å². The molecule has 1 aromatic heterocycles. The second-order valence-corrected chi connectivity index (χ2v) is 4.75. The molecule has 1 N–H and O–H groups in total. The minimum atomic E-state index is -0.185. The van der Waals surface area contributed by atoms with Crippen LogP contribution in [-0.4, -0.2) is 0 Å². The average Bonchev–Trinajstić information content (AvgIpc) is 2.58. The Morgan fingerprint density at radius 2 is 2.33 bits per heavy atom. The van der Waals surface area contributed by atoms with Gasteiger partial charge >= 0.3 is 0 Å². The van der Waals surface area contributed by atoms with Gasteiger partial charge in [0.2, 0.25) is 0 Å². The van der Waals surface area contributed by atoms with Crippen LogP contribution >= 0.6 is 27.3 Å². The highest BCUT2D eigenvalue weighted by atomic mass is 79.9. The van der Waals surface area contributed by atoms with Crippen LogP contribution in [0.2, 0.25) is 0 Å². The number of halogens is 1. The van der Waals surface area contributed by atoms with Gasteiger partial charge in [0.25, 0.3) is 0 Å². The molecule has 3 heteroatoms. The number of nitrogens with one attached hydrogen (secondary N) is 1. The van der Waals surface area contributed by atoms with Crippen LogP contribution < -0.4 is 5.32 Å². The van der Waals surface area contributed by atoms with Gasteiger partial charge in [-0.1, -0.05) is 28.1 Å². The topological polar surface area (TPSA) is 12.0 Å². The molecule has 2 rings (SSSR count). The first-order valence-electron chi connectivity index (χ1n) is 3.66. The molecule has 0 bridgehead atoms. The quantitative estimate of drug-likeness (QED) is 0.589. The van der Waals surface area contributed by atoms with Crippen molar-refractivity contribution < 1.29 is 0 Å². The Bertz CT molecular complexity index is 315. The molecule has 1 aromatic rings. The molecule has 12 heavy (non-hydrogen) atoms. The monoisotopic (exact) mass is 241 g/mol. The maximum Gasteiger partial charge on any atom is 0.146 e. The average molecular weight is 242 g/mol. The van der Waals surface area contributed by atoms with E-state index >= 15 is 0 Å². The molecule has 0 fully saturated rings. The zero-order chi connectivity index (χ0) is 8.44. The molecule has 1 atom stereocenters. The molecule has 0 radical (unpaired) electrons. The Hall–Kier alpha value is -0.540. The molecule has 0 spiro atoms. The van der Waals surface area contributed by atoms with Crippen molar-refractivity contribution in [3.05, 3.63) is 46.8 Å². The third-order valence-electron chi connectivity index (χ3n) is 1.71. The summed E-state index contributed by atoms with van der Waals surface area (Å²) in [7, 11) is 0. The van der Waals surface area contributed by atoms with E-state index in [1.807, 2.05) is 18.4 Å². The van der Waals surface area contributed by atoms with Crippen LogP contribution in [0.1, 0.15) is 4.88 Å². The lowest BCUT2D eigenvalue weighted by molar-refractivity contribution is 0.709. The number of allylic oxidation sites excluding steroid dienone is 2. The van der Waals surface area contributed by atoms with E-state index in [0.29, 0.717) is 0 Å². The molecule has 0 saturated carbocycles. The predicted molar refractivity (Wildman–Crippen MR) is 56.3 cm³/mol. The zero-order valence-electron chi connectivity index (χ0n) is 6.33. The standard InChI is InChI=1S/C9H8BrNS/c10-9(5-1-2-6-11-9)8-4-3-7-12-8/h1-7,11H. The van der Waals surface area contributed by atoms with Gasteiger partial charge in [-0.15, -0.1) is 11.3 Å². The molecule has 0 saturated heterocycles. The Balaban J connectivity index is 2.34. The van der Waals surface area contributed by atoms with Crippen molar-refractivity contribution in [1.29, 1.82) is 0 Å². The van der Waals surface area contributed by atoms with Crippen LogP contribution in [0.15, 0.2) is 41.9 Å². The summed E-state index contributed by atoms with van der Waals surface area (Å²) < 4.78 is -0.185. The predicted octanol–water partition coefficient (Wildman–Crippen LogP) is 2.97. The summed E-state index contributed by atoms with van der Waals surface area (Å²) in [6.07, 6.45) is 8.05. The summed E-state index contributed by atoms with van der Waals surface area (Å²) in [4.78, 5) is 1.27. The summed E-state index contributed by atoms with van der Waals surface area (Å²) in [5, 5.41) is 5.33. The third-order valence-corrected chi connectivity index (χ3v) is 3.89. The van der Waals surface area contributed by atoms with Crippen LogP contribution in [0.4, 0.5) is 0 Å². The van der Waals surface area contributed by atoms with E-state index < -0.39 is 0 Å². The van der Waals surface area contributed by atoms with Gasteiger partial charge in [-0.2, -0.15) is 0 Å². The van der Waals surface area contributed by atoms with Gasteiger partial charge in [0, 0.05) is 4.88 Å². The van der Waals surface area contributed by atoms with Crippen molar-refractivity contribution in [1.82, 2.24) is 5.32 Å². The van der Waals surface area contributed by atoms with Crippen LogP contribution in [0, 0.1) is 0 Å². The van der Waals surface area contributed by atoms with E-state index in [0.717, 1.165) is 0 Å². The number of hydrogen-bond acceptors (Lipinski definition) is 2. The Morgan fingerprint density at radius 1 is 1.42 bits per heavy atom. The van der Waals surface area contributed by atoms with E-state index in [-0.39, 0.29) is 4.45 Å². The maximum atomic E-state index is 3.64. The summed E-state index contributed by atoms with van der Waals surface area (Å²) >= 11 is 5.38. The van der Waals surface area contributed by atoms with E-state index in [4.69, 9.17) is 0 Å². The molecule has 0 amide bonds. The summed E-state index contributed by atoms with van der Waals surface area (Å²) in [5.74, 6) is 0. The molecule has 0 aromatic carbocycles. The van der Waals surface area contributed by atoms with Gasteiger partial charge < -0.3 is 5.32 Å². The molecule has 1 nitrogen and oxygen atoms in total. The minimum Gasteiger partial charge on any atom is -0.369 e. The summed E-state index contributed by atoms with van der Waals surface area (Å²) in [6, 6.07) is 4.16. The van der Waals surface area contributed by atoms with Crippen molar-refractivity contribution in [2.24, 2.45) is 0 Å². The third kappa shape index (κ3) is 1.34. The lowest BCUT2D eigenvalue weighted by Crippen LogP contribution is -2.30. The number of thiophene rings is 1. The van der Waals surface area contributed by atoms with Gasteiger partial charge in [-0.3, -0.25) is 0 Å². The van der Waals surface area contributed by atoms with Crippen molar-refractivity contribution >= 4 is 27.3 Å². The largest absolute Gasteiger partial charge is 0.369 e. The van der Waals surface area contributed by atoms with E-state index in [2.05, 4.69) is 44.8 Å². The van der Waals surface area contributed by atoms with Crippen molar-refractivity contribution in [2.75, 3.05) is 0 Å². The van der Waals surface area contributed by atoms with Gasteiger partial charge in [0.1, 0.15) is 4.45 Å².